The summed E-state index contributed by atoms with van der Waals surface area (Å²) < 4.78 is 2.05. The molecule has 1 N–H and O–H groups in total. The summed E-state index contributed by atoms with van der Waals surface area (Å²) in [4.78, 5) is 19.5. The SMILES string of the molecule is O=C(CCn1cnc2ccccc21)NC(CN1CCCC1)c1ccccc1. The van der Waals surface area contributed by atoms with Crippen LogP contribution in [0.2, 0.25) is 0 Å². The molecule has 1 unspecified atom stereocenters. The van der Waals surface area contributed by atoms with Crippen molar-refractivity contribution < 1.29 is 4.79 Å². The highest BCUT2D eigenvalue weighted by Gasteiger charge is 2.20. The Morgan fingerprint density at radius 3 is 2.59 bits per heavy atom. The lowest BCUT2D eigenvalue weighted by molar-refractivity contribution is -0.122. The van der Waals surface area contributed by atoms with Crippen LogP contribution in [0.15, 0.2) is 60.9 Å². The zero-order valence-corrected chi connectivity index (χ0v) is 15.6. The number of aromatic nitrogens is 2. The molecule has 5 heteroatoms. The lowest BCUT2D eigenvalue weighted by Gasteiger charge is -2.25. The molecule has 1 saturated heterocycles. The second-order valence-corrected chi connectivity index (χ2v) is 7.22. The van der Waals surface area contributed by atoms with Crippen LogP contribution < -0.4 is 5.32 Å². The zero-order valence-electron chi connectivity index (χ0n) is 15.6. The number of carbonyl (C=O) groups is 1. The lowest BCUT2D eigenvalue weighted by atomic mass is 10.1. The molecule has 27 heavy (non-hydrogen) atoms. The summed E-state index contributed by atoms with van der Waals surface area (Å²) in [5.41, 5.74) is 3.21. The molecule has 2 aromatic carbocycles. The van der Waals surface area contributed by atoms with Crippen molar-refractivity contribution in [3.05, 3.63) is 66.5 Å². The fourth-order valence-corrected chi connectivity index (χ4v) is 3.82. The molecule has 0 spiro atoms. The van der Waals surface area contributed by atoms with E-state index >= 15 is 0 Å². The van der Waals surface area contributed by atoms with Crippen molar-refractivity contribution in [1.82, 2.24) is 19.8 Å². The number of para-hydroxylation sites is 2. The molecule has 2 heterocycles. The van der Waals surface area contributed by atoms with Crippen molar-refractivity contribution >= 4 is 16.9 Å². The van der Waals surface area contributed by atoms with Crippen LogP contribution in [0.5, 0.6) is 0 Å². The van der Waals surface area contributed by atoms with E-state index in [1.165, 1.54) is 18.4 Å². The highest BCUT2D eigenvalue weighted by Crippen LogP contribution is 2.18. The molecule has 0 bridgehead atoms. The Bertz CT molecular complexity index is 883. The number of rotatable bonds is 7. The molecule has 5 nitrogen and oxygen atoms in total. The van der Waals surface area contributed by atoms with Gasteiger partial charge in [0.2, 0.25) is 5.91 Å². The van der Waals surface area contributed by atoms with Crippen LogP contribution in [-0.4, -0.2) is 40.0 Å². The molecule has 1 aromatic heterocycles. The Kier molecular flexibility index (Phi) is 5.49. The maximum absolute atomic E-state index is 12.7. The minimum atomic E-state index is 0.0383. The van der Waals surface area contributed by atoms with Crippen LogP contribution in [0.4, 0.5) is 0 Å². The number of carbonyl (C=O) groups excluding carboxylic acids is 1. The zero-order chi connectivity index (χ0) is 18.5. The van der Waals surface area contributed by atoms with Crippen molar-refractivity contribution in [2.24, 2.45) is 0 Å². The largest absolute Gasteiger partial charge is 0.348 e. The number of nitrogens with one attached hydrogen (secondary N) is 1. The van der Waals surface area contributed by atoms with E-state index < -0.39 is 0 Å². The van der Waals surface area contributed by atoms with E-state index in [2.05, 4.69) is 27.3 Å². The van der Waals surface area contributed by atoms with Crippen molar-refractivity contribution in [2.75, 3.05) is 19.6 Å². The third-order valence-corrected chi connectivity index (χ3v) is 5.28. The first-order valence-corrected chi connectivity index (χ1v) is 9.76. The third-order valence-electron chi connectivity index (χ3n) is 5.28. The smallest absolute Gasteiger partial charge is 0.222 e. The average Bonchev–Trinajstić information content (AvgIpc) is 3.36. The maximum Gasteiger partial charge on any atom is 0.222 e. The van der Waals surface area contributed by atoms with E-state index in [4.69, 9.17) is 0 Å². The summed E-state index contributed by atoms with van der Waals surface area (Å²) in [5, 5.41) is 3.26. The highest BCUT2D eigenvalue weighted by atomic mass is 16.1. The first-order chi connectivity index (χ1) is 13.3. The van der Waals surface area contributed by atoms with E-state index in [1.807, 2.05) is 53.4 Å². The Morgan fingerprint density at radius 1 is 1.04 bits per heavy atom. The molecule has 1 atom stereocenters. The molecule has 140 valence electrons. The second-order valence-electron chi connectivity index (χ2n) is 7.22. The highest BCUT2D eigenvalue weighted by molar-refractivity contribution is 5.77. The van der Waals surface area contributed by atoms with Gasteiger partial charge in [-0.2, -0.15) is 0 Å². The van der Waals surface area contributed by atoms with Crippen molar-refractivity contribution in [1.29, 1.82) is 0 Å². The van der Waals surface area contributed by atoms with E-state index in [0.29, 0.717) is 13.0 Å². The number of benzene rings is 2. The van der Waals surface area contributed by atoms with Crippen molar-refractivity contribution in [3.8, 4) is 0 Å². The number of fused-ring (bicyclic) bond motifs is 1. The molecule has 1 aliphatic heterocycles. The summed E-state index contributed by atoms with van der Waals surface area (Å²) in [6.45, 7) is 3.77. The van der Waals surface area contributed by atoms with E-state index in [9.17, 15) is 4.79 Å². The van der Waals surface area contributed by atoms with Crippen LogP contribution in [0, 0.1) is 0 Å². The minimum absolute atomic E-state index is 0.0383. The summed E-state index contributed by atoms with van der Waals surface area (Å²) >= 11 is 0. The fraction of sp³-hybridized carbons (Fsp3) is 0.364. The molecule has 1 aliphatic rings. The number of likely N-dealkylation sites (tertiary alicyclic amines) is 1. The van der Waals surface area contributed by atoms with Gasteiger partial charge in [0.15, 0.2) is 0 Å². The summed E-state index contributed by atoms with van der Waals surface area (Å²) in [5.74, 6) is 0.0841. The Balaban J connectivity index is 1.40. The van der Waals surface area contributed by atoms with Gasteiger partial charge in [-0.25, -0.2) is 4.98 Å². The number of aryl methyl sites for hydroxylation is 1. The van der Waals surface area contributed by atoms with E-state index in [0.717, 1.165) is 30.7 Å². The van der Waals surface area contributed by atoms with Crippen LogP contribution in [0.25, 0.3) is 11.0 Å². The molecule has 0 radical (unpaired) electrons. The summed E-state index contributed by atoms with van der Waals surface area (Å²) in [6.07, 6.45) is 4.77. The summed E-state index contributed by atoms with van der Waals surface area (Å²) in [6, 6.07) is 18.4. The normalized spacial score (nSPS) is 15.9. The number of imidazole rings is 1. The van der Waals surface area contributed by atoms with Gasteiger partial charge in [0.1, 0.15) is 0 Å². The molecule has 0 saturated carbocycles. The minimum Gasteiger partial charge on any atom is -0.348 e. The Hall–Kier alpha value is -2.66. The van der Waals surface area contributed by atoms with Crippen LogP contribution >= 0.6 is 0 Å². The van der Waals surface area contributed by atoms with Gasteiger partial charge >= 0.3 is 0 Å². The first kappa shape index (κ1) is 17.7. The predicted octanol–water partition coefficient (Wildman–Crippen LogP) is 3.38. The lowest BCUT2D eigenvalue weighted by Crippen LogP contribution is -2.37. The van der Waals surface area contributed by atoms with Gasteiger partial charge in [0.25, 0.3) is 0 Å². The van der Waals surface area contributed by atoms with Crippen LogP contribution in [-0.2, 0) is 11.3 Å². The van der Waals surface area contributed by atoms with Crippen molar-refractivity contribution in [3.63, 3.8) is 0 Å². The molecule has 3 aromatic rings. The number of nitrogens with zero attached hydrogens (tertiary/aromatic N) is 3. The van der Waals surface area contributed by atoms with Gasteiger partial charge in [-0.05, 0) is 43.6 Å². The van der Waals surface area contributed by atoms with Gasteiger partial charge in [0.05, 0.1) is 23.4 Å². The summed E-state index contributed by atoms with van der Waals surface area (Å²) in [7, 11) is 0. The van der Waals surface area contributed by atoms with Crippen LogP contribution in [0.1, 0.15) is 30.9 Å². The number of hydrogen-bond donors (Lipinski definition) is 1. The fourth-order valence-electron chi connectivity index (χ4n) is 3.82. The van der Waals surface area contributed by atoms with Gasteiger partial charge in [-0.1, -0.05) is 42.5 Å². The quantitative estimate of drug-likeness (QED) is 0.701. The Morgan fingerprint density at radius 2 is 1.78 bits per heavy atom. The van der Waals surface area contributed by atoms with Crippen LogP contribution in [0.3, 0.4) is 0 Å². The number of hydrogen-bond acceptors (Lipinski definition) is 3. The van der Waals surface area contributed by atoms with Gasteiger partial charge < -0.3 is 14.8 Å². The standard InChI is InChI=1S/C22H26N4O/c27-22(12-15-26-17-23-19-10-4-5-11-21(19)26)24-20(16-25-13-6-7-14-25)18-8-2-1-3-9-18/h1-5,8-11,17,20H,6-7,12-16H2,(H,24,27). The van der Waals surface area contributed by atoms with Crippen molar-refractivity contribution in [2.45, 2.75) is 31.8 Å². The maximum atomic E-state index is 12.7. The van der Waals surface area contributed by atoms with Gasteiger partial charge in [-0.3, -0.25) is 4.79 Å². The van der Waals surface area contributed by atoms with Gasteiger partial charge in [0, 0.05) is 19.5 Å². The topological polar surface area (TPSA) is 50.2 Å². The third kappa shape index (κ3) is 4.37. The second kappa shape index (κ2) is 8.35. The van der Waals surface area contributed by atoms with E-state index in [1.54, 1.807) is 0 Å². The average molecular weight is 362 g/mol. The molecule has 1 amide bonds. The molecule has 4 rings (SSSR count). The molecule has 0 aliphatic carbocycles. The monoisotopic (exact) mass is 362 g/mol. The Labute approximate surface area is 160 Å². The first-order valence-electron chi connectivity index (χ1n) is 9.76. The molecule has 1 fully saturated rings. The predicted molar refractivity (Wildman–Crippen MR) is 107 cm³/mol. The molecular weight excluding hydrogens is 336 g/mol. The van der Waals surface area contributed by atoms with Gasteiger partial charge in [-0.15, -0.1) is 0 Å². The number of amides is 1. The van der Waals surface area contributed by atoms with E-state index in [-0.39, 0.29) is 11.9 Å². The molecular formula is C22H26N4O.